The van der Waals surface area contributed by atoms with E-state index in [1.807, 2.05) is 67.6 Å². The summed E-state index contributed by atoms with van der Waals surface area (Å²) >= 11 is 0. The van der Waals surface area contributed by atoms with E-state index in [9.17, 15) is 9.59 Å². The van der Waals surface area contributed by atoms with Crippen LogP contribution in [0.5, 0.6) is 11.5 Å². The summed E-state index contributed by atoms with van der Waals surface area (Å²) in [6, 6.07) is 22.2. The van der Waals surface area contributed by atoms with Gasteiger partial charge in [-0.1, -0.05) is 30.3 Å². The lowest BCUT2D eigenvalue weighted by atomic mass is 10.0. The van der Waals surface area contributed by atoms with E-state index in [0.717, 1.165) is 11.3 Å². The molecule has 0 spiro atoms. The Morgan fingerprint density at radius 3 is 2.55 bits per heavy atom. The van der Waals surface area contributed by atoms with Crippen molar-refractivity contribution in [3.63, 3.8) is 0 Å². The van der Waals surface area contributed by atoms with Crippen LogP contribution in [0.3, 0.4) is 0 Å². The number of hydrogen-bond donors (Lipinski definition) is 1. The van der Waals surface area contributed by atoms with E-state index in [1.165, 1.54) is 0 Å². The topological polar surface area (TPSA) is 58.6 Å². The maximum absolute atomic E-state index is 12.9. The van der Waals surface area contributed by atoms with Gasteiger partial charge in [-0.25, -0.2) is 0 Å². The molecular formula is C24H22N2O3. The molecule has 0 saturated heterocycles. The largest absolute Gasteiger partial charge is 0.457 e. The molecule has 29 heavy (non-hydrogen) atoms. The molecule has 146 valence electrons. The number of aryl methyl sites for hydroxylation is 1. The summed E-state index contributed by atoms with van der Waals surface area (Å²) in [4.78, 5) is 26.8. The lowest BCUT2D eigenvalue weighted by Crippen LogP contribution is -2.34. The molecule has 3 aromatic carbocycles. The van der Waals surface area contributed by atoms with Gasteiger partial charge in [-0.05, 0) is 61.4 Å². The molecule has 0 atom stereocenters. The minimum Gasteiger partial charge on any atom is -0.457 e. The molecule has 1 aliphatic heterocycles. The first-order chi connectivity index (χ1) is 14.2. The van der Waals surface area contributed by atoms with Gasteiger partial charge in [0.25, 0.3) is 5.91 Å². The molecule has 0 unspecified atom stereocenters. The number of benzene rings is 3. The van der Waals surface area contributed by atoms with Crippen LogP contribution in [0.4, 0.5) is 11.4 Å². The van der Waals surface area contributed by atoms with Crippen LogP contribution in [0.1, 0.15) is 29.3 Å². The van der Waals surface area contributed by atoms with Gasteiger partial charge in [-0.3, -0.25) is 9.59 Å². The molecule has 4 rings (SSSR count). The van der Waals surface area contributed by atoms with Crippen molar-refractivity contribution in [1.29, 1.82) is 0 Å². The van der Waals surface area contributed by atoms with Crippen LogP contribution in [-0.2, 0) is 11.2 Å². The number of amides is 2. The summed E-state index contributed by atoms with van der Waals surface area (Å²) in [7, 11) is 0. The van der Waals surface area contributed by atoms with E-state index in [2.05, 4.69) is 5.32 Å². The number of fused-ring (bicyclic) bond motifs is 1. The molecule has 5 heteroatoms. The van der Waals surface area contributed by atoms with E-state index in [-0.39, 0.29) is 11.8 Å². The highest BCUT2D eigenvalue weighted by molar-refractivity contribution is 6.06. The second kappa shape index (κ2) is 8.19. The van der Waals surface area contributed by atoms with Crippen LogP contribution in [0, 0.1) is 0 Å². The van der Waals surface area contributed by atoms with Gasteiger partial charge in [0.1, 0.15) is 11.5 Å². The van der Waals surface area contributed by atoms with Crippen molar-refractivity contribution in [3.8, 4) is 11.5 Å². The zero-order valence-electron chi connectivity index (χ0n) is 16.2. The number of rotatable bonds is 5. The molecule has 0 fully saturated rings. The van der Waals surface area contributed by atoms with Gasteiger partial charge >= 0.3 is 0 Å². The molecule has 1 aliphatic rings. The van der Waals surface area contributed by atoms with E-state index >= 15 is 0 Å². The molecule has 2 amide bonds. The Morgan fingerprint density at radius 1 is 1.00 bits per heavy atom. The Kier molecular flexibility index (Phi) is 5.29. The lowest BCUT2D eigenvalue weighted by Gasteiger charge is -2.28. The Balaban J connectivity index is 1.56. The molecule has 0 saturated carbocycles. The minimum atomic E-state index is -0.240. The van der Waals surface area contributed by atoms with Gasteiger partial charge in [-0.2, -0.15) is 0 Å². The first-order valence-electron chi connectivity index (χ1n) is 9.72. The fourth-order valence-electron chi connectivity index (χ4n) is 3.54. The zero-order chi connectivity index (χ0) is 20.2. The number of carbonyl (C=O) groups is 2. The van der Waals surface area contributed by atoms with Crippen LogP contribution >= 0.6 is 0 Å². The summed E-state index contributed by atoms with van der Waals surface area (Å²) in [6.45, 7) is 2.61. The number of hydrogen-bond acceptors (Lipinski definition) is 3. The summed E-state index contributed by atoms with van der Waals surface area (Å²) in [5.41, 5.74) is 3.15. The van der Waals surface area contributed by atoms with Crippen LogP contribution in [-0.4, -0.2) is 18.4 Å². The lowest BCUT2D eigenvalue weighted by molar-refractivity contribution is -0.118. The van der Waals surface area contributed by atoms with Gasteiger partial charge in [-0.15, -0.1) is 0 Å². The zero-order valence-corrected chi connectivity index (χ0v) is 16.2. The van der Waals surface area contributed by atoms with Crippen LogP contribution in [0.2, 0.25) is 0 Å². The molecule has 5 nitrogen and oxygen atoms in total. The van der Waals surface area contributed by atoms with Crippen molar-refractivity contribution in [2.45, 2.75) is 19.8 Å². The van der Waals surface area contributed by atoms with Crippen LogP contribution in [0.25, 0.3) is 0 Å². The highest BCUT2D eigenvalue weighted by Gasteiger charge is 2.23. The number of nitrogens with zero attached hydrogens (tertiary/aromatic N) is 1. The molecule has 0 radical (unpaired) electrons. The number of ether oxygens (including phenoxy) is 1. The van der Waals surface area contributed by atoms with Crippen molar-refractivity contribution in [1.82, 2.24) is 0 Å². The first-order valence-corrected chi connectivity index (χ1v) is 9.72. The quantitative estimate of drug-likeness (QED) is 0.669. The Bertz CT molecular complexity index is 1050. The molecule has 1 N–H and O–H groups in total. The molecule has 0 bridgehead atoms. The average Bonchev–Trinajstić information content (AvgIpc) is 2.75. The Morgan fingerprint density at radius 2 is 1.76 bits per heavy atom. The molecule has 3 aromatic rings. The van der Waals surface area contributed by atoms with Gasteiger partial charge < -0.3 is 15.0 Å². The van der Waals surface area contributed by atoms with Crippen molar-refractivity contribution in [3.05, 3.63) is 83.9 Å². The van der Waals surface area contributed by atoms with Crippen molar-refractivity contribution in [2.75, 3.05) is 16.8 Å². The van der Waals surface area contributed by atoms with E-state index in [1.54, 1.807) is 17.0 Å². The second-order valence-electron chi connectivity index (χ2n) is 6.85. The summed E-state index contributed by atoms with van der Waals surface area (Å²) < 4.78 is 5.89. The SMILES string of the molecule is CCN1C(=O)CCc2cc(NC(=O)c3ccccc3Oc3ccccc3)ccc21. The second-order valence-corrected chi connectivity index (χ2v) is 6.85. The monoisotopic (exact) mass is 386 g/mol. The van der Waals surface area contributed by atoms with Gasteiger partial charge in [0, 0.05) is 24.3 Å². The summed E-state index contributed by atoms with van der Waals surface area (Å²) in [5.74, 6) is 1.07. The van der Waals surface area contributed by atoms with Crippen molar-refractivity contribution < 1.29 is 14.3 Å². The predicted octanol–water partition coefficient (Wildman–Crippen LogP) is 5.03. The van der Waals surface area contributed by atoms with E-state index in [4.69, 9.17) is 4.74 Å². The maximum atomic E-state index is 12.9. The highest BCUT2D eigenvalue weighted by atomic mass is 16.5. The van der Waals surface area contributed by atoms with Gasteiger partial charge in [0.05, 0.1) is 5.56 Å². The third-order valence-electron chi connectivity index (χ3n) is 4.96. The van der Waals surface area contributed by atoms with Crippen molar-refractivity contribution in [2.24, 2.45) is 0 Å². The summed E-state index contributed by atoms with van der Waals surface area (Å²) in [6.07, 6.45) is 1.17. The first kappa shape index (κ1) is 18.7. The van der Waals surface area contributed by atoms with Crippen molar-refractivity contribution >= 4 is 23.2 Å². The van der Waals surface area contributed by atoms with Crippen LogP contribution in [0.15, 0.2) is 72.8 Å². The smallest absolute Gasteiger partial charge is 0.259 e. The number of carbonyl (C=O) groups excluding carboxylic acids is 2. The number of anilines is 2. The summed E-state index contributed by atoms with van der Waals surface area (Å²) in [5, 5.41) is 2.96. The fraction of sp³-hybridized carbons (Fsp3) is 0.167. The highest BCUT2D eigenvalue weighted by Crippen LogP contribution is 2.31. The molecular weight excluding hydrogens is 364 g/mol. The van der Waals surface area contributed by atoms with E-state index in [0.29, 0.717) is 42.1 Å². The molecule has 0 aliphatic carbocycles. The number of para-hydroxylation sites is 2. The Hall–Kier alpha value is -3.60. The third-order valence-corrected chi connectivity index (χ3v) is 4.96. The Labute approximate surface area is 169 Å². The van der Waals surface area contributed by atoms with Gasteiger partial charge in [0.2, 0.25) is 5.91 Å². The minimum absolute atomic E-state index is 0.142. The normalized spacial score (nSPS) is 13.0. The average molecular weight is 386 g/mol. The predicted molar refractivity (Wildman–Crippen MR) is 114 cm³/mol. The standard InChI is InChI=1S/C24H22N2O3/c1-2-26-21-14-13-18(16-17(21)12-15-23(26)27)25-24(28)20-10-6-7-11-22(20)29-19-8-4-3-5-9-19/h3-11,13-14,16H,2,12,15H2,1H3,(H,25,28). The third kappa shape index (κ3) is 3.99. The van der Waals surface area contributed by atoms with E-state index < -0.39 is 0 Å². The fourth-order valence-corrected chi connectivity index (χ4v) is 3.54. The number of nitrogens with one attached hydrogen (secondary N) is 1. The van der Waals surface area contributed by atoms with Crippen LogP contribution < -0.4 is 15.0 Å². The maximum Gasteiger partial charge on any atom is 0.259 e. The molecule has 1 heterocycles. The van der Waals surface area contributed by atoms with Gasteiger partial charge in [0.15, 0.2) is 0 Å². The molecule has 0 aromatic heterocycles.